The molecule has 2 N–H and O–H groups in total. The van der Waals surface area contributed by atoms with E-state index in [1.165, 1.54) is 0 Å². The molecule has 2 unspecified atom stereocenters. The summed E-state index contributed by atoms with van der Waals surface area (Å²) in [6, 6.07) is 7.96. The van der Waals surface area contributed by atoms with Crippen LogP contribution in [0, 0.1) is 5.41 Å². The van der Waals surface area contributed by atoms with Gasteiger partial charge in [-0.25, -0.2) is 0 Å². The lowest BCUT2D eigenvalue weighted by molar-refractivity contribution is -0.139. The maximum atomic E-state index is 10.9. The molecule has 118 valence electrons. The Balaban J connectivity index is 2.94. The molecule has 0 heterocycles. The predicted octanol–water partition coefficient (Wildman–Crippen LogP) is 4.37. The number of aliphatic hydroxyl groups is 1. The van der Waals surface area contributed by atoms with Gasteiger partial charge < -0.3 is 10.2 Å². The molecule has 0 fully saturated rings. The van der Waals surface area contributed by atoms with Crippen LogP contribution in [0.3, 0.4) is 0 Å². The van der Waals surface area contributed by atoms with Gasteiger partial charge in [0, 0.05) is 9.89 Å². The van der Waals surface area contributed by atoms with Crippen molar-refractivity contribution in [3.8, 4) is 0 Å². The van der Waals surface area contributed by atoms with E-state index in [-0.39, 0.29) is 17.3 Å². The minimum absolute atomic E-state index is 0.140. The fourth-order valence-corrected chi connectivity index (χ4v) is 2.93. The summed E-state index contributed by atoms with van der Waals surface area (Å²) in [7, 11) is 0. The maximum Gasteiger partial charge on any atom is 0.303 e. The molecule has 1 aromatic rings. The van der Waals surface area contributed by atoms with E-state index in [1.807, 2.05) is 45.0 Å². The normalized spacial score (nSPS) is 16.3. The SMILES string of the molecule is CC(O)C(C)(CCC(C)(C)CC(=O)O)c1cccc(Br)c1. The highest BCUT2D eigenvalue weighted by Gasteiger charge is 2.34. The number of carboxylic acids is 1. The van der Waals surface area contributed by atoms with Crippen LogP contribution >= 0.6 is 15.9 Å². The summed E-state index contributed by atoms with van der Waals surface area (Å²) in [5.74, 6) is -0.777. The van der Waals surface area contributed by atoms with Crippen molar-refractivity contribution >= 4 is 21.9 Å². The second-order valence-corrected chi connectivity index (χ2v) is 7.75. The van der Waals surface area contributed by atoms with Crippen molar-refractivity contribution in [1.29, 1.82) is 0 Å². The summed E-state index contributed by atoms with van der Waals surface area (Å²) < 4.78 is 0.983. The second-order valence-electron chi connectivity index (χ2n) is 6.84. The molecule has 0 saturated heterocycles. The van der Waals surface area contributed by atoms with Gasteiger partial charge in [0.25, 0.3) is 0 Å². The van der Waals surface area contributed by atoms with Crippen molar-refractivity contribution in [2.45, 2.75) is 58.5 Å². The lowest BCUT2D eigenvalue weighted by Crippen LogP contribution is -2.36. The van der Waals surface area contributed by atoms with E-state index in [1.54, 1.807) is 6.92 Å². The molecule has 3 nitrogen and oxygen atoms in total. The highest BCUT2D eigenvalue weighted by molar-refractivity contribution is 9.10. The summed E-state index contributed by atoms with van der Waals surface area (Å²) in [5, 5.41) is 19.2. The summed E-state index contributed by atoms with van der Waals surface area (Å²) in [6.07, 6.45) is 1.11. The van der Waals surface area contributed by atoms with Crippen LogP contribution in [0.5, 0.6) is 0 Å². The predicted molar refractivity (Wildman–Crippen MR) is 88.4 cm³/mol. The number of rotatable bonds is 7. The Labute approximate surface area is 135 Å². The zero-order chi connectivity index (χ0) is 16.3. The zero-order valence-corrected chi connectivity index (χ0v) is 14.8. The zero-order valence-electron chi connectivity index (χ0n) is 13.2. The second kappa shape index (κ2) is 6.93. The van der Waals surface area contributed by atoms with Crippen LogP contribution in [0.15, 0.2) is 28.7 Å². The van der Waals surface area contributed by atoms with E-state index in [9.17, 15) is 9.90 Å². The average Bonchev–Trinajstić information content (AvgIpc) is 2.34. The van der Waals surface area contributed by atoms with Crippen molar-refractivity contribution in [2.75, 3.05) is 0 Å². The highest BCUT2D eigenvalue weighted by atomic mass is 79.9. The van der Waals surface area contributed by atoms with Crippen LogP contribution in [-0.2, 0) is 10.2 Å². The van der Waals surface area contributed by atoms with Gasteiger partial charge in [-0.1, -0.05) is 48.8 Å². The third-order valence-electron chi connectivity index (χ3n) is 4.36. The van der Waals surface area contributed by atoms with Crippen LogP contribution in [0.25, 0.3) is 0 Å². The molecular weight excluding hydrogens is 332 g/mol. The van der Waals surface area contributed by atoms with E-state index < -0.39 is 12.1 Å². The van der Waals surface area contributed by atoms with Crippen LogP contribution < -0.4 is 0 Å². The van der Waals surface area contributed by atoms with Crippen LogP contribution in [0.2, 0.25) is 0 Å². The van der Waals surface area contributed by atoms with Gasteiger partial charge in [0.1, 0.15) is 0 Å². The number of carbonyl (C=O) groups is 1. The van der Waals surface area contributed by atoms with Gasteiger partial charge >= 0.3 is 5.97 Å². The van der Waals surface area contributed by atoms with Crippen LogP contribution in [0.1, 0.15) is 52.5 Å². The van der Waals surface area contributed by atoms with Crippen molar-refractivity contribution in [3.05, 3.63) is 34.3 Å². The van der Waals surface area contributed by atoms with Crippen molar-refractivity contribution < 1.29 is 15.0 Å². The number of aliphatic carboxylic acids is 1. The molecular formula is C17H25BrO3. The molecule has 0 spiro atoms. The monoisotopic (exact) mass is 356 g/mol. The smallest absolute Gasteiger partial charge is 0.303 e. The molecule has 4 heteroatoms. The van der Waals surface area contributed by atoms with Gasteiger partial charge in [-0.2, -0.15) is 0 Å². The largest absolute Gasteiger partial charge is 0.481 e. The first-order chi connectivity index (χ1) is 9.57. The Morgan fingerprint density at radius 3 is 2.38 bits per heavy atom. The molecule has 1 rings (SSSR count). The molecule has 0 bridgehead atoms. The molecule has 2 atom stereocenters. The van der Waals surface area contributed by atoms with E-state index in [0.29, 0.717) is 0 Å². The molecule has 0 aliphatic carbocycles. The van der Waals surface area contributed by atoms with E-state index in [4.69, 9.17) is 5.11 Å². The van der Waals surface area contributed by atoms with E-state index in [0.717, 1.165) is 22.9 Å². The first-order valence-electron chi connectivity index (χ1n) is 7.23. The third-order valence-corrected chi connectivity index (χ3v) is 4.85. The number of hydrogen-bond acceptors (Lipinski definition) is 2. The molecule has 0 aliphatic rings. The molecule has 0 aromatic heterocycles. The van der Waals surface area contributed by atoms with Crippen LogP contribution in [-0.4, -0.2) is 22.3 Å². The van der Waals surface area contributed by atoms with Gasteiger partial charge in [-0.3, -0.25) is 4.79 Å². The Kier molecular flexibility index (Phi) is 6.00. The van der Waals surface area contributed by atoms with E-state index >= 15 is 0 Å². The lowest BCUT2D eigenvalue weighted by atomic mass is 9.70. The van der Waals surface area contributed by atoms with Crippen molar-refractivity contribution in [1.82, 2.24) is 0 Å². The van der Waals surface area contributed by atoms with Crippen molar-refractivity contribution in [2.24, 2.45) is 5.41 Å². The maximum absolute atomic E-state index is 10.9. The Morgan fingerprint density at radius 2 is 1.90 bits per heavy atom. The molecule has 0 radical (unpaired) electrons. The standard InChI is InChI=1S/C17H25BrO3/c1-12(19)17(4,13-6-5-7-14(18)10-13)9-8-16(2,3)11-15(20)21/h5-7,10,12,19H,8-9,11H2,1-4H3,(H,20,21). The highest BCUT2D eigenvalue weighted by Crippen LogP contribution is 2.38. The fraction of sp³-hybridized carbons (Fsp3) is 0.588. The number of hydrogen-bond donors (Lipinski definition) is 2. The molecule has 0 aliphatic heterocycles. The van der Waals surface area contributed by atoms with E-state index in [2.05, 4.69) is 15.9 Å². The first kappa shape index (κ1) is 18.2. The van der Waals surface area contributed by atoms with Gasteiger partial charge in [-0.05, 0) is 42.9 Å². The van der Waals surface area contributed by atoms with Gasteiger partial charge in [0.2, 0.25) is 0 Å². The quantitative estimate of drug-likeness (QED) is 0.762. The number of aliphatic hydroxyl groups excluding tert-OH is 1. The molecule has 0 saturated carbocycles. The molecule has 21 heavy (non-hydrogen) atoms. The average molecular weight is 357 g/mol. The minimum Gasteiger partial charge on any atom is -0.481 e. The number of halogens is 1. The van der Waals surface area contributed by atoms with Crippen LogP contribution in [0.4, 0.5) is 0 Å². The minimum atomic E-state index is -0.777. The van der Waals surface area contributed by atoms with Gasteiger partial charge in [0.05, 0.1) is 12.5 Å². The number of benzene rings is 1. The topological polar surface area (TPSA) is 57.5 Å². The lowest BCUT2D eigenvalue weighted by Gasteiger charge is -2.36. The van der Waals surface area contributed by atoms with Crippen molar-refractivity contribution in [3.63, 3.8) is 0 Å². The summed E-state index contributed by atoms with van der Waals surface area (Å²) in [6.45, 7) is 7.76. The molecule has 0 amide bonds. The Morgan fingerprint density at radius 1 is 1.29 bits per heavy atom. The number of carboxylic acid groups (broad SMARTS) is 1. The molecule has 1 aromatic carbocycles. The summed E-state index contributed by atoms with van der Waals surface area (Å²) in [4.78, 5) is 10.9. The van der Waals surface area contributed by atoms with Gasteiger partial charge in [0.15, 0.2) is 0 Å². The summed E-state index contributed by atoms with van der Waals surface area (Å²) in [5.41, 5.74) is 0.395. The summed E-state index contributed by atoms with van der Waals surface area (Å²) >= 11 is 3.47. The first-order valence-corrected chi connectivity index (χ1v) is 8.02. The Hall–Kier alpha value is -0.870. The van der Waals surface area contributed by atoms with Gasteiger partial charge in [-0.15, -0.1) is 0 Å². The third kappa shape index (κ3) is 5.11. The fourth-order valence-electron chi connectivity index (χ4n) is 2.53. The Bertz CT molecular complexity index is 497.